The smallest absolute Gasteiger partial charge is 0.420 e. The highest BCUT2D eigenvalue weighted by molar-refractivity contribution is 6.14. The Labute approximate surface area is 206 Å². The van der Waals surface area contributed by atoms with Crippen LogP contribution in [-0.2, 0) is 9.53 Å². The van der Waals surface area contributed by atoms with E-state index in [0.29, 0.717) is 17.9 Å². The molecule has 1 aliphatic rings. The summed E-state index contributed by atoms with van der Waals surface area (Å²) in [6, 6.07) is 25.2. The van der Waals surface area contributed by atoms with Crippen molar-refractivity contribution in [1.29, 1.82) is 0 Å². The van der Waals surface area contributed by atoms with Crippen LogP contribution in [0.3, 0.4) is 0 Å². The van der Waals surface area contributed by atoms with Gasteiger partial charge >= 0.3 is 6.09 Å². The van der Waals surface area contributed by atoms with E-state index in [0.717, 1.165) is 22.3 Å². The number of ketones is 1. The minimum Gasteiger partial charge on any atom is -0.443 e. The zero-order valence-electron chi connectivity index (χ0n) is 20.6. The minimum atomic E-state index is -0.736. The molecule has 0 N–H and O–H groups in total. The Hall–Kier alpha value is -3.99. The van der Waals surface area contributed by atoms with E-state index in [2.05, 4.69) is 11.1 Å². The predicted molar refractivity (Wildman–Crippen MR) is 140 cm³/mol. The number of pyridine rings is 1. The first-order valence-electron chi connectivity index (χ1n) is 11.8. The third-order valence-electron chi connectivity index (χ3n) is 5.68. The van der Waals surface area contributed by atoms with Gasteiger partial charge < -0.3 is 4.74 Å². The summed E-state index contributed by atoms with van der Waals surface area (Å²) in [4.78, 5) is 32.9. The van der Waals surface area contributed by atoms with Gasteiger partial charge in [-0.1, -0.05) is 73.7 Å². The third-order valence-corrected chi connectivity index (χ3v) is 5.68. The van der Waals surface area contributed by atoms with E-state index in [-0.39, 0.29) is 11.7 Å². The summed E-state index contributed by atoms with van der Waals surface area (Å²) in [6.07, 6.45) is 3.56. The largest absolute Gasteiger partial charge is 0.443 e. The number of ether oxygens (including phenoxy) is 1. The van der Waals surface area contributed by atoms with Crippen molar-refractivity contribution in [2.24, 2.45) is 5.92 Å². The van der Waals surface area contributed by atoms with Gasteiger partial charge in [0.2, 0.25) is 0 Å². The molecule has 0 unspecified atom stereocenters. The number of nitrogens with zero attached hydrogens (tertiary/aromatic N) is 2. The number of carbonyl (C=O) groups excluding carboxylic acids is 2. The number of Topliss-reactive ketones (excluding diaryl/α,β-unsaturated/α-hetero) is 1. The van der Waals surface area contributed by atoms with Gasteiger partial charge in [-0.3, -0.25) is 4.79 Å². The zero-order valence-corrected chi connectivity index (χ0v) is 20.6. The van der Waals surface area contributed by atoms with Crippen molar-refractivity contribution >= 4 is 29.3 Å². The van der Waals surface area contributed by atoms with Crippen molar-refractivity contribution in [3.8, 4) is 0 Å². The number of carbonyl (C=O) groups is 2. The molecule has 0 fully saturated rings. The molecule has 1 aliphatic carbocycles. The van der Waals surface area contributed by atoms with Crippen molar-refractivity contribution in [2.75, 3.05) is 4.90 Å². The highest BCUT2D eigenvalue weighted by Crippen LogP contribution is 2.41. The number of amides is 1. The Morgan fingerprint density at radius 2 is 1.60 bits per heavy atom. The molecule has 1 atom stereocenters. The van der Waals surface area contributed by atoms with Crippen molar-refractivity contribution in [3.63, 3.8) is 0 Å². The fraction of sp³-hybridized carbons (Fsp3) is 0.233. The molecule has 5 heteroatoms. The molecular weight excluding hydrogens is 436 g/mol. The second kappa shape index (κ2) is 10.1. The molecule has 2 aromatic carbocycles. The van der Waals surface area contributed by atoms with Crippen molar-refractivity contribution in [2.45, 2.75) is 39.7 Å². The van der Waals surface area contributed by atoms with Crippen LogP contribution in [-0.4, -0.2) is 22.5 Å². The molecule has 0 saturated carbocycles. The van der Waals surface area contributed by atoms with E-state index in [4.69, 9.17) is 4.74 Å². The lowest BCUT2D eigenvalue weighted by atomic mass is 9.93. The fourth-order valence-corrected chi connectivity index (χ4v) is 4.13. The highest BCUT2D eigenvalue weighted by atomic mass is 16.6. The summed E-state index contributed by atoms with van der Waals surface area (Å²) in [5, 5.41) is 0. The average molecular weight is 467 g/mol. The topological polar surface area (TPSA) is 59.5 Å². The van der Waals surface area contributed by atoms with Gasteiger partial charge in [-0.25, -0.2) is 14.7 Å². The monoisotopic (exact) mass is 466 g/mol. The molecule has 1 heterocycles. The van der Waals surface area contributed by atoms with Gasteiger partial charge in [0.05, 0.1) is 0 Å². The van der Waals surface area contributed by atoms with Crippen molar-refractivity contribution < 1.29 is 14.3 Å². The van der Waals surface area contributed by atoms with Crippen LogP contribution in [0.1, 0.15) is 45.2 Å². The van der Waals surface area contributed by atoms with Gasteiger partial charge in [0.25, 0.3) is 0 Å². The first-order valence-corrected chi connectivity index (χ1v) is 11.8. The molecule has 35 heavy (non-hydrogen) atoms. The Morgan fingerprint density at radius 1 is 0.971 bits per heavy atom. The van der Waals surface area contributed by atoms with E-state index in [9.17, 15) is 9.59 Å². The maximum atomic E-state index is 13.6. The molecule has 0 bridgehead atoms. The van der Waals surface area contributed by atoms with Crippen LogP contribution in [0, 0.1) is 5.92 Å². The lowest BCUT2D eigenvalue weighted by molar-refractivity contribution is -0.118. The maximum absolute atomic E-state index is 13.6. The normalized spacial score (nSPS) is 16.4. The Balaban J connectivity index is 1.96. The zero-order chi connectivity index (χ0) is 25.0. The number of rotatable bonds is 5. The predicted octanol–water partition coefficient (Wildman–Crippen LogP) is 6.93. The molecule has 3 aromatic rings. The summed E-state index contributed by atoms with van der Waals surface area (Å²) in [5.74, 6) is -0.0354. The van der Waals surface area contributed by atoms with Gasteiger partial charge in [0, 0.05) is 12.1 Å². The standard InChI is InChI=1S/C30H30N2O3/c1-21-19-25(24(23-15-9-6-10-16-23)20-22-13-7-5-8-14-22)27(28(21)33)32(26-17-11-12-18-31-26)29(34)35-30(2,3)4/h5-18,20-21H,19H2,1-4H3/b24-20-/t21-/m1/s1. The van der Waals surface area contributed by atoms with Crippen LogP contribution in [0.15, 0.2) is 96.3 Å². The van der Waals surface area contributed by atoms with Crippen LogP contribution in [0.25, 0.3) is 11.6 Å². The van der Waals surface area contributed by atoms with Gasteiger partial charge in [0.1, 0.15) is 17.1 Å². The molecule has 5 nitrogen and oxygen atoms in total. The van der Waals surface area contributed by atoms with Crippen LogP contribution in [0.5, 0.6) is 0 Å². The minimum absolute atomic E-state index is 0.105. The van der Waals surface area contributed by atoms with Gasteiger partial charge in [-0.15, -0.1) is 0 Å². The number of hydrogen-bond acceptors (Lipinski definition) is 4. The van der Waals surface area contributed by atoms with Crippen LogP contribution in [0.2, 0.25) is 0 Å². The number of hydrogen-bond donors (Lipinski definition) is 0. The molecule has 0 saturated heterocycles. The second-order valence-corrected chi connectivity index (χ2v) is 9.63. The summed E-state index contributed by atoms with van der Waals surface area (Å²) < 4.78 is 5.74. The molecule has 0 radical (unpaired) electrons. The molecule has 4 rings (SSSR count). The van der Waals surface area contributed by atoms with Crippen LogP contribution in [0.4, 0.5) is 10.6 Å². The van der Waals surface area contributed by atoms with E-state index in [1.54, 1.807) is 45.2 Å². The van der Waals surface area contributed by atoms with Gasteiger partial charge in [-0.2, -0.15) is 0 Å². The van der Waals surface area contributed by atoms with Crippen LogP contribution < -0.4 is 4.90 Å². The quantitative estimate of drug-likeness (QED) is 0.383. The summed E-state index contributed by atoms with van der Waals surface area (Å²) in [7, 11) is 0. The maximum Gasteiger partial charge on any atom is 0.420 e. The lowest BCUT2D eigenvalue weighted by Crippen LogP contribution is -2.39. The molecule has 1 amide bonds. The first-order chi connectivity index (χ1) is 16.7. The van der Waals surface area contributed by atoms with E-state index >= 15 is 0 Å². The number of benzene rings is 2. The summed E-state index contributed by atoms with van der Waals surface area (Å²) in [5.41, 5.74) is 3.25. The second-order valence-electron chi connectivity index (χ2n) is 9.63. The molecule has 1 aromatic heterocycles. The molecular formula is C30H30N2O3. The van der Waals surface area contributed by atoms with Gasteiger partial charge in [0.15, 0.2) is 5.78 Å². The SMILES string of the molecule is C[C@@H]1CC(/C(=C\c2ccccc2)c2ccccc2)=C(N(C(=O)OC(C)(C)C)c2ccccn2)C1=O. The van der Waals surface area contributed by atoms with Crippen molar-refractivity contribution in [3.05, 3.63) is 107 Å². The fourth-order valence-electron chi connectivity index (χ4n) is 4.13. The molecule has 0 spiro atoms. The van der Waals surface area contributed by atoms with E-state index in [1.807, 2.05) is 67.6 Å². The number of aromatic nitrogens is 1. The Bertz CT molecular complexity index is 1260. The van der Waals surface area contributed by atoms with E-state index < -0.39 is 11.7 Å². The van der Waals surface area contributed by atoms with Gasteiger partial charge in [-0.05, 0) is 67.7 Å². The van der Waals surface area contributed by atoms with Crippen molar-refractivity contribution in [1.82, 2.24) is 4.98 Å². The summed E-state index contributed by atoms with van der Waals surface area (Å²) >= 11 is 0. The molecule has 178 valence electrons. The third kappa shape index (κ3) is 5.57. The number of anilines is 1. The Morgan fingerprint density at radius 3 is 2.20 bits per heavy atom. The van der Waals surface area contributed by atoms with Crippen LogP contribution >= 0.6 is 0 Å². The van der Waals surface area contributed by atoms with E-state index in [1.165, 1.54) is 4.90 Å². The number of allylic oxidation sites excluding steroid dienone is 3. The highest BCUT2D eigenvalue weighted by Gasteiger charge is 2.40. The Kier molecular flexibility index (Phi) is 6.97. The average Bonchev–Trinajstić information content (AvgIpc) is 3.12. The first kappa shape index (κ1) is 24.1. The summed E-state index contributed by atoms with van der Waals surface area (Å²) in [6.45, 7) is 7.31. The molecule has 0 aliphatic heterocycles. The lowest BCUT2D eigenvalue weighted by Gasteiger charge is -2.28.